The molecule has 2 bridgehead atoms. The Hall–Kier alpha value is -1.55. The minimum absolute atomic E-state index is 0.0975. The van der Waals surface area contributed by atoms with Crippen LogP contribution in [0, 0.1) is 10.1 Å². The molecule has 1 aromatic rings. The van der Waals surface area contributed by atoms with Crippen LogP contribution in [-0.4, -0.2) is 66.9 Å². The molecule has 2 unspecified atom stereocenters. The lowest BCUT2D eigenvalue weighted by atomic mass is 10.0. The number of piperazine rings is 1. The molecule has 8 nitrogen and oxygen atoms in total. The highest BCUT2D eigenvalue weighted by Crippen LogP contribution is 2.36. The highest BCUT2D eigenvalue weighted by atomic mass is 32.2. The SMILES string of the molecule is O=[N+]([O-])c1ccc(S(=O)(=O)N2CC3CCC(C2)N3C2CCNCC2)cc1. The van der Waals surface area contributed by atoms with Crippen LogP contribution in [0.1, 0.15) is 25.7 Å². The summed E-state index contributed by atoms with van der Waals surface area (Å²) >= 11 is 0. The van der Waals surface area contributed by atoms with Crippen LogP contribution in [0.25, 0.3) is 0 Å². The molecule has 4 rings (SSSR count). The summed E-state index contributed by atoms with van der Waals surface area (Å²) in [7, 11) is -3.61. The van der Waals surface area contributed by atoms with E-state index in [-0.39, 0.29) is 22.7 Å². The van der Waals surface area contributed by atoms with Gasteiger partial charge in [-0.25, -0.2) is 8.42 Å². The zero-order valence-electron chi connectivity index (χ0n) is 14.6. The lowest BCUT2D eigenvalue weighted by Gasteiger charge is -2.45. The minimum atomic E-state index is -3.61. The summed E-state index contributed by atoms with van der Waals surface area (Å²) in [6.45, 7) is 3.09. The predicted molar refractivity (Wildman–Crippen MR) is 96.4 cm³/mol. The number of piperidine rings is 1. The van der Waals surface area contributed by atoms with E-state index in [4.69, 9.17) is 0 Å². The Morgan fingerprint density at radius 3 is 2.08 bits per heavy atom. The summed E-state index contributed by atoms with van der Waals surface area (Å²) in [6.07, 6.45) is 4.34. The molecule has 0 radical (unpaired) electrons. The van der Waals surface area contributed by atoms with Crippen molar-refractivity contribution in [3.05, 3.63) is 34.4 Å². The largest absolute Gasteiger partial charge is 0.317 e. The monoisotopic (exact) mass is 380 g/mol. The van der Waals surface area contributed by atoms with Gasteiger partial charge in [-0.15, -0.1) is 0 Å². The number of fused-ring (bicyclic) bond motifs is 2. The number of nitrogens with zero attached hydrogens (tertiary/aromatic N) is 3. The number of nitro groups is 1. The smallest absolute Gasteiger partial charge is 0.269 e. The molecule has 1 N–H and O–H groups in total. The van der Waals surface area contributed by atoms with Gasteiger partial charge in [-0.3, -0.25) is 15.0 Å². The Balaban J connectivity index is 1.51. The Kier molecular flexibility index (Phi) is 4.72. The standard InChI is InChI=1S/C17H24N4O4S/c22-21(23)14-3-5-17(6-4-14)26(24,25)19-11-15-1-2-16(12-19)20(15)13-7-9-18-10-8-13/h3-6,13,15-16,18H,1-2,7-12H2. The summed E-state index contributed by atoms with van der Waals surface area (Å²) in [5.41, 5.74) is -0.0975. The third-order valence-electron chi connectivity index (χ3n) is 5.92. The molecule has 0 aromatic heterocycles. The molecule has 3 aliphatic rings. The summed E-state index contributed by atoms with van der Waals surface area (Å²) < 4.78 is 27.6. The second-order valence-corrected chi connectivity index (χ2v) is 9.32. The molecular weight excluding hydrogens is 356 g/mol. The fourth-order valence-corrected chi connectivity index (χ4v) is 6.20. The van der Waals surface area contributed by atoms with Gasteiger partial charge in [0.2, 0.25) is 10.0 Å². The summed E-state index contributed by atoms with van der Waals surface area (Å²) in [4.78, 5) is 13.0. The maximum atomic E-state index is 13.0. The van der Waals surface area contributed by atoms with Crippen molar-refractivity contribution in [1.29, 1.82) is 0 Å². The third kappa shape index (κ3) is 3.13. The molecular formula is C17H24N4O4S. The van der Waals surface area contributed by atoms with Gasteiger partial charge in [-0.2, -0.15) is 4.31 Å². The molecule has 142 valence electrons. The van der Waals surface area contributed by atoms with Gasteiger partial charge < -0.3 is 5.32 Å². The van der Waals surface area contributed by atoms with Crippen LogP contribution in [-0.2, 0) is 10.0 Å². The maximum absolute atomic E-state index is 13.0. The summed E-state index contributed by atoms with van der Waals surface area (Å²) in [5.74, 6) is 0. The van der Waals surface area contributed by atoms with E-state index < -0.39 is 14.9 Å². The van der Waals surface area contributed by atoms with Crippen molar-refractivity contribution >= 4 is 15.7 Å². The first-order chi connectivity index (χ1) is 12.5. The number of nitro benzene ring substituents is 1. The number of benzene rings is 1. The Bertz CT molecular complexity index is 762. The van der Waals surface area contributed by atoms with Gasteiger partial charge in [-0.05, 0) is 50.9 Å². The first-order valence-corrected chi connectivity index (χ1v) is 10.6. The van der Waals surface area contributed by atoms with E-state index in [0.29, 0.717) is 19.1 Å². The van der Waals surface area contributed by atoms with E-state index in [2.05, 4.69) is 10.2 Å². The van der Waals surface area contributed by atoms with Crippen molar-refractivity contribution in [1.82, 2.24) is 14.5 Å². The van der Waals surface area contributed by atoms with Gasteiger partial charge >= 0.3 is 0 Å². The molecule has 1 aromatic carbocycles. The number of sulfonamides is 1. The van der Waals surface area contributed by atoms with E-state index >= 15 is 0 Å². The average molecular weight is 380 g/mol. The van der Waals surface area contributed by atoms with Gasteiger partial charge in [0.15, 0.2) is 0 Å². The summed E-state index contributed by atoms with van der Waals surface area (Å²) in [6, 6.07) is 6.31. The topological polar surface area (TPSA) is 95.8 Å². The van der Waals surface area contributed by atoms with Crippen molar-refractivity contribution in [2.24, 2.45) is 0 Å². The van der Waals surface area contributed by atoms with E-state index in [0.717, 1.165) is 38.8 Å². The van der Waals surface area contributed by atoms with Gasteiger partial charge in [0.05, 0.1) is 9.82 Å². The number of nitrogens with one attached hydrogen (secondary N) is 1. The van der Waals surface area contributed by atoms with Crippen LogP contribution in [0.5, 0.6) is 0 Å². The fourth-order valence-electron chi connectivity index (χ4n) is 4.68. The molecule has 3 heterocycles. The highest BCUT2D eigenvalue weighted by molar-refractivity contribution is 7.89. The molecule has 0 aliphatic carbocycles. The maximum Gasteiger partial charge on any atom is 0.269 e. The Morgan fingerprint density at radius 2 is 1.54 bits per heavy atom. The molecule has 0 amide bonds. The number of hydrogen-bond donors (Lipinski definition) is 1. The molecule has 3 aliphatic heterocycles. The first kappa shape index (κ1) is 17.8. The van der Waals surface area contributed by atoms with Gasteiger partial charge in [0.1, 0.15) is 0 Å². The first-order valence-electron chi connectivity index (χ1n) is 9.19. The molecule has 2 atom stereocenters. The van der Waals surface area contributed by atoms with Gasteiger partial charge in [-0.1, -0.05) is 0 Å². The van der Waals surface area contributed by atoms with Crippen molar-refractivity contribution in [3.8, 4) is 0 Å². The lowest BCUT2D eigenvalue weighted by molar-refractivity contribution is -0.384. The molecule has 3 fully saturated rings. The second-order valence-electron chi connectivity index (χ2n) is 7.39. The van der Waals surface area contributed by atoms with E-state index in [1.165, 1.54) is 24.3 Å². The van der Waals surface area contributed by atoms with Crippen molar-refractivity contribution in [3.63, 3.8) is 0 Å². The van der Waals surface area contributed by atoms with Crippen molar-refractivity contribution in [2.45, 2.75) is 48.7 Å². The normalized spacial score (nSPS) is 28.3. The van der Waals surface area contributed by atoms with Crippen LogP contribution < -0.4 is 5.32 Å². The van der Waals surface area contributed by atoms with Crippen molar-refractivity contribution in [2.75, 3.05) is 26.2 Å². The fraction of sp³-hybridized carbons (Fsp3) is 0.647. The van der Waals surface area contributed by atoms with Crippen LogP contribution in [0.3, 0.4) is 0 Å². The van der Waals surface area contributed by atoms with Crippen LogP contribution in [0.4, 0.5) is 5.69 Å². The zero-order chi connectivity index (χ0) is 18.3. The summed E-state index contributed by atoms with van der Waals surface area (Å²) in [5, 5.41) is 14.2. The molecule has 3 saturated heterocycles. The molecule has 26 heavy (non-hydrogen) atoms. The van der Waals surface area contributed by atoms with Crippen LogP contribution >= 0.6 is 0 Å². The Labute approximate surface area is 153 Å². The van der Waals surface area contributed by atoms with Gasteiger partial charge in [0, 0.05) is 43.3 Å². The number of non-ortho nitro benzene ring substituents is 1. The molecule has 9 heteroatoms. The zero-order valence-corrected chi connectivity index (χ0v) is 15.4. The number of hydrogen-bond acceptors (Lipinski definition) is 6. The third-order valence-corrected chi connectivity index (χ3v) is 7.77. The Morgan fingerprint density at radius 1 is 0.962 bits per heavy atom. The highest BCUT2D eigenvalue weighted by Gasteiger charge is 2.46. The van der Waals surface area contributed by atoms with Gasteiger partial charge in [0.25, 0.3) is 5.69 Å². The van der Waals surface area contributed by atoms with Crippen molar-refractivity contribution < 1.29 is 13.3 Å². The average Bonchev–Trinajstić information content (AvgIpc) is 2.91. The van der Waals surface area contributed by atoms with E-state index in [1.54, 1.807) is 4.31 Å². The lowest BCUT2D eigenvalue weighted by Crippen LogP contribution is -2.59. The number of rotatable bonds is 4. The minimum Gasteiger partial charge on any atom is -0.317 e. The van der Waals surface area contributed by atoms with Crippen LogP contribution in [0.2, 0.25) is 0 Å². The van der Waals surface area contributed by atoms with Crippen LogP contribution in [0.15, 0.2) is 29.2 Å². The quantitative estimate of drug-likeness (QED) is 0.623. The molecule has 0 saturated carbocycles. The van der Waals surface area contributed by atoms with E-state index in [1.807, 2.05) is 0 Å². The van der Waals surface area contributed by atoms with E-state index in [9.17, 15) is 18.5 Å². The second kappa shape index (κ2) is 6.88. The molecule has 0 spiro atoms. The predicted octanol–water partition coefficient (Wildman–Crippen LogP) is 1.18.